The summed E-state index contributed by atoms with van der Waals surface area (Å²) in [4.78, 5) is 3.98. The Morgan fingerprint density at radius 2 is 1.94 bits per heavy atom. The van der Waals surface area contributed by atoms with Crippen molar-refractivity contribution < 1.29 is 4.74 Å². The minimum absolute atomic E-state index is 0.00944. The third-order valence-corrected chi connectivity index (χ3v) is 2.32. The van der Waals surface area contributed by atoms with Gasteiger partial charge in [-0.15, -0.1) is 0 Å². The number of nitrogens with two attached hydrogens (primary N) is 1. The van der Waals surface area contributed by atoms with Crippen LogP contribution in [0.25, 0.3) is 0 Å². The quantitative estimate of drug-likeness (QED) is 0.854. The number of hydrogen-bond acceptors (Lipinski definition) is 3. The molecule has 0 saturated carbocycles. The molecule has 1 unspecified atom stereocenters. The highest BCUT2D eigenvalue weighted by Gasteiger charge is 2.06. The lowest BCUT2D eigenvalue weighted by molar-refractivity contribution is 0.226. The van der Waals surface area contributed by atoms with E-state index in [4.69, 9.17) is 10.5 Å². The van der Waals surface area contributed by atoms with Crippen LogP contribution in [0, 0.1) is 0 Å². The maximum atomic E-state index is 5.74. The van der Waals surface area contributed by atoms with Gasteiger partial charge in [0.1, 0.15) is 11.9 Å². The van der Waals surface area contributed by atoms with Crippen molar-refractivity contribution in [2.45, 2.75) is 13.0 Å². The molecule has 0 bridgehead atoms. The van der Waals surface area contributed by atoms with Gasteiger partial charge in [0.15, 0.2) is 0 Å². The first-order valence-corrected chi connectivity index (χ1v) is 5.18. The van der Waals surface area contributed by atoms with E-state index < -0.39 is 0 Å². The van der Waals surface area contributed by atoms with E-state index in [0.29, 0.717) is 11.4 Å². The predicted octanol–water partition coefficient (Wildman–Crippen LogP) is 2.80. The second-order valence-electron chi connectivity index (χ2n) is 3.62. The van der Waals surface area contributed by atoms with Gasteiger partial charge >= 0.3 is 0 Å². The van der Waals surface area contributed by atoms with Gasteiger partial charge in [-0.25, -0.2) is 0 Å². The highest BCUT2D eigenvalue weighted by atomic mass is 16.5. The summed E-state index contributed by atoms with van der Waals surface area (Å²) in [5.41, 5.74) is 7.37. The minimum atomic E-state index is -0.00944. The molecule has 0 saturated heterocycles. The zero-order valence-corrected chi connectivity index (χ0v) is 9.13. The second kappa shape index (κ2) is 4.66. The number of nitrogens with zero attached hydrogens (tertiary/aromatic N) is 1. The summed E-state index contributed by atoms with van der Waals surface area (Å²) in [6, 6.07) is 11.8. The van der Waals surface area contributed by atoms with Crippen LogP contribution in [0.5, 0.6) is 5.75 Å². The van der Waals surface area contributed by atoms with Crippen LogP contribution in [0.2, 0.25) is 0 Å². The van der Waals surface area contributed by atoms with Crippen molar-refractivity contribution in [1.82, 2.24) is 4.98 Å². The maximum absolute atomic E-state index is 5.74. The van der Waals surface area contributed by atoms with Gasteiger partial charge in [-0.3, -0.25) is 4.98 Å². The Kier molecular flexibility index (Phi) is 3.05. The monoisotopic (exact) mass is 214 g/mol. The van der Waals surface area contributed by atoms with Crippen LogP contribution >= 0.6 is 0 Å². The molecule has 0 fully saturated rings. The molecule has 16 heavy (non-hydrogen) atoms. The van der Waals surface area contributed by atoms with E-state index in [2.05, 4.69) is 4.98 Å². The van der Waals surface area contributed by atoms with Crippen LogP contribution in [-0.4, -0.2) is 4.98 Å². The minimum Gasteiger partial charge on any atom is -0.484 e. The molecular formula is C13H14N2O. The zero-order chi connectivity index (χ0) is 11.4. The van der Waals surface area contributed by atoms with Crippen molar-refractivity contribution in [2.75, 3.05) is 5.73 Å². The first-order valence-electron chi connectivity index (χ1n) is 5.18. The van der Waals surface area contributed by atoms with Crippen molar-refractivity contribution in [2.24, 2.45) is 0 Å². The van der Waals surface area contributed by atoms with Crippen molar-refractivity contribution in [3.8, 4) is 5.75 Å². The normalized spacial score (nSPS) is 12.1. The number of anilines is 1. The standard InChI is InChI=1S/C13H14N2O/c1-10(11-5-3-2-4-6-11)16-13-7-12(14)8-15-9-13/h2-10H,14H2,1H3. The average Bonchev–Trinajstić information content (AvgIpc) is 2.30. The number of pyridine rings is 1. The maximum Gasteiger partial charge on any atom is 0.140 e. The summed E-state index contributed by atoms with van der Waals surface area (Å²) in [6.07, 6.45) is 3.25. The van der Waals surface area contributed by atoms with Crippen molar-refractivity contribution in [3.05, 3.63) is 54.4 Å². The van der Waals surface area contributed by atoms with Gasteiger partial charge in [-0.1, -0.05) is 30.3 Å². The molecule has 2 rings (SSSR count). The number of aromatic nitrogens is 1. The molecule has 0 aliphatic rings. The molecule has 0 aliphatic heterocycles. The molecule has 82 valence electrons. The summed E-state index contributed by atoms with van der Waals surface area (Å²) in [7, 11) is 0. The number of hydrogen-bond donors (Lipinski definition) is 1. The molecule has 0 spiro atoms. The third kappa shape index (κ3) is 2.51. The molecule has 1 aromatic carbocycles. The fourth-order valence-corrected chi connectivity index (χ4v) is 1.50. The Bertz CT molecular complexity index is 456. The van der Waals surface area contributed by atoms with Gasteiger partial charge in [0.25, 0.3) is 0 Å². The molecular weight excluding hydrogens is 200 g/mol. The molecule has 1 atom stereocenters. The van der Waals surface area contributed by atoms with Crippen molar-refractivity contribution in [1.29, 1.82) is 0 Å². The van der Waals surface area contributed by atoms with Gasteiger partial charge in [0, 0.05) is 6.07 Å². The summed E-state index contributed by atoms with van der Waals surface area (Å²) in [5, 5.41) is 0. The lowest BCUT2D eigenvalue weighted by Gasteiger charge is -2.14. The van der Waals surface area contributed by atoms with E-state index in [1.807, 2.05) is 37.3 Å². The molecule has 0 aliphatic carbocycles. The first kappa shape index (κ1) is 10.5. The van der Waals surface area contributed by atoms with Gasteiger partial charge in [-0.05, 0) is 12.5 Å². The van der Waals surface area contributed by atoms with Gasteiger partial charge in [-0.2, -0.15) is 0 Å². The molecule has 1 heterocycles. The van der Waals surface area contributed by atoms with Gasteiger partial charge < -0.3 is 10.5 Å². The number of benzene rings is 1. The Balaban J connectivity index is 2.11. The molecule has 2 aromatic rings. The molecule has 1 aromatic heterocycles. The fraction of sp³-hybridized carbons (Fsp3) is 0.154. The Hall–Kier alpha value is -2.03. The average molecular weight is 214 g/mol. The van der Waals surface area contributed by atoms with E-state index in [-0.39, 0.29) is 6.10 Å². The molecule has 2 N–H and O–H groups in total. The summed E-state index contributed by atoms with van der Waals surface area (Å²) >= 11 is 0. The highest BCUT2D eigenvalue weighted by Crippen LogP contribution is 2.21. The van der Waals surface area contributed by atoms with E-state index in [9.17, 15) is 0 Å². The van der Waals surface area contributed by atoms with Gasteiger partial charge in [0.2, 0.25) is 0 Å². The van der Waals surface area contributed by atoms with Gasteiger partial charge in [0.05, 0.1) is 18.1 Å². The highest BCUT2D eigenvalue weighted by molar-refractivity contribution is 5.40. The fourth-order valence-electron chi connectivity index (χ4n) is 1.50. The lowest BCUT2D eigenvalue weighted by atomic mass is 10.1. The first-order chi connectivity index (χ1) is 7.75. The topological polar surface area (TPSA) is 48.1 Å². The van der Waals surface area contributed by atoms with Crippen LogP contribution in [0.15, 0.2) is 48.8 Å². The smallest absolute Gasteiger partial charge is 0.140 e. The summed E-state index contributed by atoms with van der Waals surface area (Å²) < 4.78 is 5.74. The van der Waals surface area contributed by atoms with Crippen molar-refractivity contribution >= 4 is 5.69 Å². The van der Waals surface area contributed by atoms with Crippen LogP contribution in [0.1, 0.15) is 18.6 Å². The van der Waals surface area contributed by atoms with Crippen LogP contribution in [0.4, 0.5) is 5.69 Å². The summed E-state index contributed by atoms with van der Waals surface area (Å²) in [6.45, 7) is 2.00. The molecule has 0 amide bonds. The number of nitrogen functional groups attached to an aromatic ring is 1. The Labute approximate surface area is 94.9 Å². The zero-order valence-electron chi connectivity index (χ0n) is 9.13. The number of rotatable bonds is 3. The summed E-state index contributed by atoms with van der Waals surface area (Å²) in [5.74, 6) is 0.691. The van der Waals surface area contributed by atoms with Crippen LogP contribution in [-0.2, 0) is 0 Å². The molecule has 3 nitrogen and oxygen atoms in total. The van der Waals surface area contributed by atoms with Crippen LogP contribution in [0.3, 0.4) is 0 Å². The Morgan fingerprint density at radius 3 is 2.62 bits per heavy atom. The molecule has 3 heteroatoms. The second-order valence-corrected chi connectivity index (χ2v) is 3.62. The number of ether oxygens (including phenoxy) is 1. The largest absolute Gasteiger partial charge is 0.484 e. The van der Waals surface area contributed by atoms with E-state index >= 15 is 0 Å². The lowest BCUT2D eigenvalue weighted by Crippen LogP contribution is -2.03. The van der Waals surface area contributed by atoms with E-state index in [1.54, 1.807) is 18.5 Å². The van der Waals surface area contributed by atoms with Crippen LogP contribution < -0.4 is 10.5 Å². The van der Waals surface area contributed by atoms with E-state index in [1.165, 1.54) is 0 Å². The SMILES string of the molecule is CC(Oc1cncc(N)c1)c1ccccc1. The third-order valence-electron chi connectivity index (χ3n) is 2.32. The van der Waals surface area contributed by atoms with E-state index in [0.717, 1.165) is 5.56 Å². The molecule has 0 radical (unpaired) electrons. The Morgan fingerprint density at radius 1 is 1.19 bits per heavy atom. The predicted molar refractivity (Wildman–Crippen MR) is 64.1 cm³/mol. The van der Waals surface area contributed by atoms with Crippen molar-refractivity contribution in [3.63, 3.8) is 0 Å².